The molecule has 0 spiro atoms. The number of fused-ring (bicyclic) bond motifs is 1. The summed E-state index contributed by atoms with van der Waals surface area (Å²) < 4.78 is 0. The Morgan fingerprint density at radius 2 is 2.18 bits per heavy atom. The highest BCUT2D eigenvalue weighted by Crippen LogP contribution is 2.24. The Hall–Kier alpha value is -1.64. The first-order chi connectivity index (χ1) is 8.15. The van der Waals surface area contributed by atoms with E-state index < -0.39 is 0 Å². The Morgan fingerprint density at radius 3 is 2.94 bits per heavy atom. The molecule has 0 saturated heterocycles. The lowest BCUT2D eigenvalue weighted by atomic mass is 10.0. The quantitative estimate of drug-likeness (QED) is 0.791. The minimum absolute atomic E-state index is 0.0775. The molecule has 0 aromatic heterocycles. The molecule has 0 saturated carbocycles. The summed E-state index contributed by atoms with van der Waals surface area (Å²) in [6.07, 6.45) is 4.12. The molecule has 90 valence electrons. The topological polar surface area (TPSA) is 46.2 Å². The van der Waals surface area contributed by atoms with Crippen molar-refractivity contribution in [1.82, 2.24) is 0 Å². The third-order valence-corrected chi connectivity index (χ3v) is 3.04. The van der Waals surface area contributed by atoms with Crippen molar-refractivity contribution in [3.8, 4) is 0 Å². The monoisotopic (exact) mass is 231 g/mol. The molecular weight excluding hydrogens is 214 g/mol. The van der Waals surface area contributed by atoms with Gasteiger partial charge in [-0.05, 0) is 43.4 Å². The third-order valence-electron chi connectivity index (χ3n) is 3.04. The highest BCUT2D eigenvalue weighted by Gasteiger charge is 2.17. The van der Waals surface area contributed by atoms with Gasteiger partial charge in [0, 0.05) is 12.1 Å². The predicted octanol–water partition coefficient (Wildman–Crippen LogP) is 2.48. The van der Waals surface area contributed by atoms with E-state index in [-0.39, 0.29) is 11.7 Å². The molecule has 0 unspecified atom stereocenters. The van der Waals surface area contributed by atoms with Crippen molar-refractivity contribution in [2.24, 2.45) is 0 Å². The number of unbranched alkanes of at least 4 members (excludes halogenated alkanes) is 1. The van der Waals surface area contributed by atoms with Crippen molar-refractivity contribution in [3.05, 3.63) is 29.3 Å². The molecule has 17 heavy (non-hydrogen) atoms. The maximum atomic E-state index is 11.2. The molecule has 0 radical (unpaired) electrons. The first kappa shape index (κ1) is 11.8. The van der Waals surface area contributed by atoms with Gasteiger partial charge >= 0.3 is 0 Å². The second-order valence-electron chi connectivity index (χ2n) is 4.63. The summed E-state index contributed by atoms with van der Waals surface area (Å²) in [5, 5.41) is 2.82. The summed E-state index contributed by atoms with van der Waals surface area (Å²) in [5.74, 6) is 0.336. The van der Waals surface area contributed by atoms with Gasteiger partial charge < -0.3 is 10.1 Å². The molecule has 1 aromatic carbocycles. The van der Waals surface area contributed by atoms with Gasteiger partial charge in [0.05, 0.1) is 6.42 Å². The number of nitrogens with one attached hydrogen (secondary N) is 1. The van der Waals surface area contributed by atoms with E-state index in [0.29, 0.717) is 12.8 Å². The van der Waals surface area contributed by atoms with Crippen molar-refractivity contribution < 1.29 is 9.59 Å². The lowest BCUT2D eigenvalue weighted by molar-refractivity contribution is -0.117. The summed E-state index contributed by atoms with van der Waals surface area (Å²) in [5.41, 5.74) is 3.30. The number of Topliss-reactive ketones (excluding diaryl/α,β-unsaturated/α-hetero) is 1. The molecule has 0 bridgehead atoms. The standard InChI is InChI=1S/C14H17NO2/c1-10(16)4-2-3-5-11-6-7-13-12(8-11)9-14(17)15-13/h6-8H,2-5,9H2,1H3,(H,15,17). The number of amides is 1. The molecule has 1 aliphatic heterocycles. The lowest BCUT2D eigenvalue weighted by Crippen LogP contribution is -2.03. The van der Waals surface area contributed by atoms with E-state index in [1.807, 2.05) is 6.07 Å². The third kappa shape index (κ3) is 3.16. The number of carbonyl (C=O) groups is 2. The van der Waals surface area contributed by atoms with Crippen LogP contribution in [0.5, 0.6) is 0 Å². The largest absolute Gasteiger partial charge is 0.326 e. The smallest absolute Gasteiger partial charge is 0.228 e. The van der Waals surface area contributed by atoms with Crippen LogP contribution < -0.4 is 5.32 Å². The van der Waals surface area contributed by atoms with E-state index >= 15 is 0 Å². The average molecular weight is 231 g/mol. The number of benzene rings is 1. The molecule has 1 aromatic rings. The Bertz CT molecular complexity index is 452. The Balaban J connectivity index is 1.88. The Morgan fingerprint density at radius 1 is 1.35 bits per heavy atom. The van der Waals surface area contributed by atoms with E-state index in [1.165, 1.54) is 5.56 Å². The van der Waals surface area contributed by atoms with Gasteiger partial charge in [-0.3, -0.25) is 4.79 Å². The van der Waals surface area contributed by atoms with Gasteiger partial charge in [-0.2, -0.15) is 0 Å². The first-order valence-corrected chi connectivity index (χ1v) is 6.06. The number of rotatable bonds is 5. The van der Waals surface area contributed by atoms with Crippen molar-refractivity contribution >= 4 is 17.4 Å². The molecule has 3 heteroatoms. The van der Waals surface area contributed by atoms with E-state index in [9.17, 15) is 9.59 Å². The summed E-state index contributed by atoms with van der Waals surface area (Å²) in [7, 11) is 0. The van der Waals surface area contributed by atoms with Crippen LogP contribution in [0.25, 0.3) is 0 Å². The van der Waals surface area contributed by atoms with Crippen LogP contribution >= 0.6 is 0 Å². The first-order valence-electron chi connectivity index (χ1n) is 6.06. The van der Waals surface area contributed by atoms with Crippen LogP contribution in [0.15, 0.2) is 18.2 Å². The number of carbonyl (C=O) groups excluding carboxylic acids is 2. The van der Waals surface area contributed by atoms with Gasteiger partial charge in [0.25, 0.3) is 0 Å². The maximum absolute atomic E-state index is 11.2. The van der Waals surface area contributed by atoms with Crippen LogP contribution in [0, 0.1) is 0 Å². The second-order valence-corrected chi connectivity index (χ2v) is 4.63. The molecule has 3 nitrogen and oxygen atoms in total. The summed E-state index contributed by atoms with van der Waals surface area (Å²) in [6.45, 7) is 1.63. The van der Waals surface area contributed by atoms with Crippen molar-refractivity contribution in [3.63, 3.8) is 0 Å². The SMILES string of the molecule is CC(=O)CCCCc1ccc2c(c1)CC(=O)N2. The molecule has 1 amide bonds. The Kier molecular flexibility index (Phi) is 3.57. The molecule has 1 N–H and O–H groups in total. The number of aryl methyl sites for hydroxylation is 1. The molecule has 0 atom stereocenters. The summed E-state index contributed by atoms with van der Waals surface area (Å²) in [4.78, 5) is 22.0. The average Bonchev–Trinajstić information content (AvgIpc) is 2.63. The second kappa shape index (κ2) is 5.13. The van der Waals surface area contributed by atoms with Crippen molar-refractivity contribution in [1.29, 1.82) is 0 Å². The van der Waals surface area contributed by atoms with Gasteiger partial charge in [-0.1, -0.05) is 12.1 Å². The lowest BCUT2D eigenvalue weighted by Gasteiger charge is -2.03. The van der Waals surface area contributed by atoms with E-state index in [0.717, 1.165) is 30.5 Å². The van der Waals surface area contributed by atoms with E-state index in [4.69, 9.17) is 0 Å². The van der Waals surface area contributed by atoms with E-state index in [2.05, 4.69) is 17.4 Å². The van der Waals surface area contributed by atoms with Crippen LogP contribution in [0.2, 0.25) is 0 Å². The minimum atomic E-state index is 0.0775. The van der Waals surface area contributed by atoms with Gasteiger partial charge in [0.2, 0.25) is 5.91 Å². The fourth-order valence-corrected chi connectivity index (χ4v) is 2.14. The highest BCUT2D eigenvalue weighted by atomic mass is 16.1. The fourth-order valence-electron chi connectivity index (χ4n) is 2.14. The van der Waals surface area contributed by atoms with Gasteiger partial charge in [-0.15, -0.1) is 0 Å². The summed E-state index contributed by atoms with van der Waals surface area (Å²) >= 11 is 0. The van der Waals surface area contributed by atoms with Gasteiger partial charge in [0.15, 0.2) is 0 Å². The number of anilines is 1. The maximum Gasteiger partial charge on any atom is 0.228 e. The number of ketones is 1. The molecule has 1 heterocycles. The number of hydrogen-bond acceptors (Lipinski definition) is 2. The zero-order valence-electron chi connectivity index (χ0n) is 10.1. The van der Waals surface area contributed by atoms with Gasteiger partial charge in [-0.25, -0.2) is 0 Å². The molecule has 2 rings (SSSR count). The fraction of sp³-hybridized carbons (Fsp3) is 0.429. The highest BCUT2D eigenvalue weighted by molar-refractivity contribution is 5.99. The predicted molar refractivity (Wildman–Crippen MR) is 67.0 cm³/mol. The number of hydrogen-bond donors (Lipinski definition) is 1. The van der Waals surface area contributed by atoms with Gasteiger partial charge in [0.1, 0.15) is 5.78 Å². The van der Waals surface area contributed by atoms with Crippen molar-refractivity contribution in [2.45, 2.75) is 39.0 Å². The van der Waals surface area contributed by atoms with E-state index in [1.54, 1.807) is 6.92 Å². The summed E-state index contributed by atoms with van der Waals surface area (Å²) in [6, 6.07) is 6.12. The van der Waals surface area contributed by atoms with Crippen LogP contribution in [0.1, 0.15) is 37.3 Å². The zero-order chi connectivity index (χ0) is 12.3. The molecule has 0 fully saturated rings. The molecule has 1 aliphatic rings. The van der Waals surface area contributed by atoms with Crippen LogP contribution in [0.4, 0.5) is 5.69 Å². The van der Waals surface area contributed by atoms with Crippen LogP contribution in [0.3, 0.4) is 0 Å². The Labute approximate surface area is 101 Å². The molecular formula is C14H17NO2. The molecule has 0 aliphatic carbocycles. The van der Waals surface area contributed by atoms with Crippen molar-refractivity contribution in [2.75, 3.05) is 5.32 Å². The normalized spacial score (nSPS) is 13.4. The van der Waals surface area contributed by atoms with Crippen LogP contribution in [-0.4, -0.2) is 11.7 Å². The minimum Gasteiger partial charge on any atom is -0.326 e. The zero-order valence-corrected chi connectivity index (χ0v) is 10.1. The van der Waals surface area contributed by atoms with Crippen LogP contribution in [-0.2, 0) is 22.4 Å².